The van der Waals surface area contributed by atoms with Gasteiger partial charge in [0.05, 0.1) is 25.4 Å². The van der Waals surface area contributed by atoms with E-state index in [1.807, 2.05) is 6.08 Å². The monoisotopic (exact) mass is 796 g/mol. The van der Waals surface area contributed by atoms with Crippen LogP contribution in [-0.2, 0) is 14.3 Å². The summed E-state index contributed by atoms with van der Waals surface area (Å²) in [6, 6.07) is -0.816. The Balaban J connectivity index is 2.37. The molecule has 1 saturated heterocycles. The lowest BCUT2D eigenvalue weighted by Gasteiger charge is -2.40. The van der Waals surface area contributed by atoms with Crippen molar-refractivity contribution in [1.82, 2.24) is 5.32 Å². The van der Waals surface area contributed by atoms with Gasteiger partial charge in [0.1, 0.15) is 24.4 Å². The number of aliphatic hydroxyl groups excluding tert-OH is 5. The Hall–Kier alpha value is -1.33. The molecular formula is C47H89NO8. The molecule has 0 spiro atoms. The molecule has 1 aliphatic rings. The first-order valence-electron chi connectivity index (χ1n) is 23.6. The molecule has 0 aromatic rings. The largest absolute Gasteiger partial charge is 0.394 e. The van der Waals surface area contributed by atoms with Gasteiger partial charge in [-0.3, -0.25) is 4.79 Å². The van der Waals surface area contributed by atoms with E-state index in [1.165, 1.54) is 154 Å². The summed E-state index contributed by atoms with van der Waals surface area (Å²) in [6.07, 6.45) is 37.9. The minimum atomic E-state index is -1.57. The summed E-state index contributed by atoms with van der Waals surface area (Å²) in [5, 5.41) is 54.2. The van der Waals surface area contributed by atoms with Crippen LogP contribution in [0, 0.1) is 0 Å². The Kier molecular flexibility index (Phi) is 35.7. The number of ether oxygens (including phenoxy) is 2. The second-order valence-electron chi connectivity index (χ2n) is 16.5. The van der Waals surface area contributed by atoms with Crippen molar-refractivity contribution in [3.63, 3.8) is 0 Å². The molecule has 56 heavy (non-hydrogen) atoms. The van der Waals surface area contributed by atoms with Gasteiger partial charge in [-0.05, 0) is 32.1 Å². The van der Waals surface area contributed by atoms with Gasteiger partial charge in [0.2, 0.25) is 5.91 Å². The molecule has 7 atom stereocenters. The molecule has 0 saturated carbocycles. The van der Waals surface area contributed by atoms with E-state index in [9.17, 15) is 30.3 Å². The zero-order chi connectivity index (χ0) is 40.9. The van der Waals surface area contributed by atoms with Crippen molar-refractivity contribution in [2.24, 2.45) is 0 Å². The fraction of sp³-hybridized carbons (Fsp3) is 0.894. The summed E-state index contributed by atoms with van der Waals surface area (Å²) in [4.78, 5) is 12.9. The van der Waals surface area contributed by atoms with Gasteiger partial charge in [0.15, 0.2) is 6.29 Å². The van der Waals surface area contributed by atoms with Crippen LogP contribution >= 0.6 is 0 Å². The second-order valence-corrected chi connectivity index (χ2v) is 16.5. The molecular weight excluding hydrogens is 707 g/mol. The van der Waals surface area contributed by atoms with Crippen LogP contribution in [0.25, 0.3) is 0 Å². The number of rotatable bonds is 39. The SMILES string of the molecule is CCCCCCCCCCCCC/C=C/CC/C=C/C(O)C(COC1OC(CO)C(O)C(O)C1O)NC(=O)CCCCCCCCCCCCCCCCCC. The molecule has 1 heterocycles. The topological polar surface area (TPSA) is 149 Å². The number of amides is 1. The van der Waals surface area contributed by atoms with Gasteiger partial charge < -0.3 is 40.3 Å². The van der Waals surface area contributed by atoms with E-state index in [0.29, 0.717) is 6.42 Å². The van der Waals surface area contributed by atoms with E-state index < -0.39 is 49.5 Å². The minimum absolute atomic E-state index is 0.185. The van der Waals surface area contributed by atoms with Crippen molar-refractivity contribution in [2.45, 2.75) is 256 Å². The molecule has 0 radical (unpaired) electrons. The van der Waals surface area contributed by atoms with Gasteiger partial charge >= 0.3 is 0 Å². The molecule has 9 heteroatoms. The maximum Gasteiger partial charge on any atom is 0.220 e. The van der Waals surface area contributed by atoms with Crippen LogP contribution in [-0.4, -0.2) is 87.5 Å². The normalized spacial score (nSPS) is 21.3. The van der Waals surface area contributed by atoms with Crippen LogP contribution in [0.1, 0.15) is 213 Å². The van der Waals surface area contributed by atoms with Gasteiger partial charge in [-0.15, -0.1) is 0 Å². The van der Waals surface area contributed by atoms with Crippen LogP contribution in [0.15, 0.2) is 24.3 Å². The summed E-state index contributed by atoms with van der Waals surface area (Å²) in [5.74, 6) is -0.185. The standard InChI is InChI=1S/C47H89NO8/c1-3-5-7-9-11-13-15-17-19-21-22-24-26-28-30-32-34-36-41(50)40(39-55-47-46(54)45(53)44(52)42(38-49)56-47)48-43(51)37-35-33-31-29-27-25-23-20-18-16-14-12-10-8-6-4-2/h26,28,34,36,40-42,44-47,49-50,52-54H,3-25,27,29-33,35,37-39H2,1-2H3,(H,48,51)/b28-26+,36-34+. The molecule has 1 rings (SSSR count). The van der Waals surface area contributed by atoms with E-state index in [1.54, 1.807) is 6.08 Å². The number of unbranched alkanes of at least 4 members (excludes halogenated alkanes) is 27. The van der Waals surface area contributed by atoms with E-state index >= 15 is 0 Å². The first kappa shape index (κ1) is 52.7. The van der Waals surface area contributed by atoms with E-state index in [4.69, 9.17) is 9.47 Å². The Labute approximate surface area is 343 Å². The van der Waals surface area contributed by atoms with Crippen LogP contribution < -0.4 is 5.32 Å². The Morgan fingerprint density at radius 2 is 1.02 bits per heavy atom. The van der Waals surface area contributed by atoms with Crippen molar-refractivity contribution < 1.29 is 39.8 Å². The molecule has 1 aliphatic heterocycles. The Bertz CT molecular complexity index is 930. The van der Waals surface area contributed by atoms with Crippen molar-refractivity contribution in [1.29, 1.82) is 0 Å². The van der Waals surface area contributed by atoms with E-state index in [-0.39, 0.29) is 12.5 Å². The fourth-order valence-electron chi connectivity index (χ4n) is 7.47. The molecule has 9 nitrogen and oxygen atoms in total. The first-order valence-corrected chi connectivity index (χ1v) is 23.6. The van der Waals surface area contributed by atoms with Gasteiger partial charge in [-0.25, -0.2) is 0 Å². The molecule has 0 aliphatic carbocycles. The highest BCUT2D eigenvalue weighted by molar-refractivity contribution is 5.76. The van der Waals surface area contributed by atoms with Crippen LogP contribution in [0.5, 0.6) is 0 Å². The third-order valence-corrected chi connectivity index (χ3v) is 11.3. The lowest BCUT2D eigenvalue weighted by molar-refractivity contribution is -0.302. The van der Waals surface area contributed by atoms with Crippen molar-refractivity contribution >= 4 is 5.91 Å². The highest BCUT2D eigenvalue weighted by atomic mass is 16.7. The second kappa shape index (κ2) is 37.9. The third-order valence-electron chi connectivity index (χ3n) is 11.3. The number of carbonyl (C=O) groups is 1. The minimum Gasteiger partial charge on any atom is -0.394 e. The average Bonchev–Trinajstić information content (AvgIpc) is 3.20. The molecule has 1 amide bonds. The molecule has 0 aromatic carbocycles. The lowest BCUT2D eigenvalue weighted by Crippen LogP contribution is -2.60. The maximum absolute atomic E-state index is 12.9. The number of nitrogens with one attached hydrogen (secondary N) is 1. The average molecular weight is 796 g/mol. The predicted octanol–water partition coefficient (Wildman–Crippen LogP) is 9.89. The van der Waals surface area contributed by atoms with Gasteiger partial charge in [0.25, 0.3) is 0 Å². The predicted molar refractivity (Wildman–Crippen MR) is 230 cm³/mol. The summed E-state index contributed by atoms with van der Waals surface area (Å²) in [6.45, 7) is 3.76. The molecule has 0 aromatic heterocycles. The summed E-state index contributed by atoms with van der Waals surface area (Å²) in [7, 11) is 0. The van der Waals surface area contributed by atoms with Crippen molar-refractivity contribution in [3.05, 3.63) is 24.3 Å². The summed E-state index contributed by atoms with van der Waals surface area (Å²) >= 11 is 0. The smallest absolute Gasteiger partial charge is 0.220 e. The molecule has 330 valence electrons. The number of carbonyl (C=O) groups excluding carboxylic acids is 1. The Morgan fingerprint density at radius 3 is 1.50 bits per heavy atom. The zero-order valence-electron chi connectivity index (χ0n) is 36.1. The zero-order valence-corrected chi connectivity index (χ0v) is 36.1. The quantitative estimate of drug-likeness (QED) is 0.0266. The number of aliphatic hydroxyl groups is 5. The number of hydrogen-bond acceptors (Lipinski definition) is 8. The van der Waals surface area contributed by atoms with Crippen LogP contribution in [0.3, 0.4) is 0 Å². The van der Waals surface area contributed by atoms with Gasteiger partial charge in [-0.1, -0.05) is 199 Å². The highest BCUT2D eigenvalue weighted by Crippen LogP contribution is 2.23. The summed E-state index contributed by atoms with van der Waals surface area (Å²) < 4.78 is 11.2. The lowest BCUT2D eigenvalue weighted by atomic mass is 9.99. The fourth-order valence-corrected chi connectivity index (χ4v) is 7.47. The maximum atomic E-state index is 12.9. The first-order chi connectivity index (χ1) is 27.3. The van der Waals surface area contributed by atoms with Gasteiger partial charge in [0, 0.05) is 6.42 Å². The molecule has 0 bridgehead atoms. The van der Waals surface area contributed by atoms with E-state index in [0.717, 1.165) is 38.5 Å². The summed E-state index contributed by atoms with van der Waals surface area (Å²) in [5.41, 5.74) is 0. The third kappa shape index (κ3) is 28.2. The van der Waals surface area contributed by atoms with E-state index in [2.05, 4.69) is 31.3 Å². The number of hydrogen-bond donors (Lipinski definition) is 6. The van der Waals surface area contributed by atoms with Crippen molar-refractivity contribution in [3.8, 4) is 0 Å². The van der Waals surface area contributed by atoms with Crippen molar-refractivity contribution in [2.75, 3.05) is 13.2 Å². The Morgan fingerprint density at radius 1 is 0.589 bits per heavy atom. The van der Waals surface area contributed by atoms with Gasteiger partial charge in [-0.2, -0.15) is 0 Å². The molecule has 6 N–H and O–H groups in total. The molecule has 7 unspecified atom stereocenters. The molecule has 1 fully saturated rings. The van der Waals surface area contributed by atoms with Crippen LogP contribution in [0.2, 0.25) is 0 Å². The van der Waals surface area contributed by atoms with Crippen LogP contribution in [0.4, 0.5) is 0 Å². The highest BCUT2D eigenvalue weighted by Gasteiger charge is 2.44. The number of allylic oxidation sites excluding steroid dienone is 3.